The smallest absolute Gasteiger partial charge is 0.230 e. The highest BCUT2D eigenvalue weighted by atomic mass is 16.7. The van der Waals surface area contributed by atoms with Crippen LogP contribution in [0.4, 0.5) is 0 Å². The summed E-state index contributed by atoms with van der Waals surface area (Å²) in [6.45, 7) is 6.65. The SMILES string of the molecule is CCCc1cccc(C=NC2CCCCC2)c1OCOc1c(C=N)cccc1C(C)CC. The van der Waals surface area contributed by atoms with Crippen LogP contribution in [0.3, 0.4) is 0 Å². The van der Waals surface area contributed by atoms with E-state index in [-0.39, 0.29) is 6.79 Å². The molecule has 0 aromatic heterocycles. The summed E-state index contributed by atoms with van der Waals surface area (Å²) in [5.41, 5.74) is 4.11. The van der Waals surface area contributed by atoms with E-state index in [1.54, 1.807) is 0 Å². The second-order valence-corrected chi connectivity index (χ2v) is 8.78. The first-order valence-corrected chi connectivity index (χ1v) is 12.2. The Kier molecular flexibility index (Phi) is 9.33. The molecule has 1 unspecified atom stereocenters. The molecule has 2 aromatic rings. The molecule has 0 aliphatic heterocycles. The Morgan fingerprint density at radius 2 is 1.72 bits per heavy atom. The average molecular weight is 435 g/mol. The van der Waals surface area contributed by atoms with Gasteiger partial charge in [-0.05, 0) is 54.9 Å². The van der Waals surface area contributed by atoms with Crippen molar-refractivity contribution in [1.29, 1.82) is 5.41 Å². The van der Waals surface area contributed by atoms with E-state index in [1.807, 2.05) is 18.3 Å². The highest BCUT2D eigenvalue weighted by Crippen LogP contribution is 2.32. The highest BCUT2D eigenvalue weighted by molar-refractivity contribution is 5.84. The van der Waals surface area contributed by atoms with Crippen LogP contribution in [0.5, 0.6) is 11.5 Å². The molecule has 32 heavy (non-hydrogen) atoms. The van der Waals surface area contributed by atoms with Crippen molar-refractivity contribution in [3.8, 4) is 11.5 Å². The lowest BCUT2D eigenvalue weighted by atomic mass is 9.95. The largest absolute Gasteiger partial charge is 0.457 e. The van der Waals surface area contributed by atoms with Gasteiger partial charge in [0.15, 0.2) is 0 Å². The van der Waals surface area contributed by atoms with Crippen LogP contribution in [-0.4, -0.2) is 25.3 Å². The minimum atomic E-state index is 0.110. The number of hydrogen-bond acceptors (Lipinski definition) is 4. The van der Waals surface area contributed by atoms with Crippen molar-refractivity contribution in [3.63, 3.8) is 0 Å². The third-order valence-electron chi connectivity index (χ3n) is 6.43. The number of nitrogens with one attached hydrogen (secondary N) is 1. The van der Waals surface area contributed by atoms with Gasteiger partial charge in [0.25, 0.3) is 0 Å². The van der Waals surface area contributed by atoms with Gasteiger partial charge in [-0.3, -0.25) is 4.99 Å². The molecule has 1 aliphatic rings. The molecule has 0 radical (unpaired) electrons. The van der Waals surface area contributed by atoms with Crippen molar-refractivity contribution in [2.24, 2.45) is 4.99 Å². The zero-order valence-electron chi connectivity index (χ0n) is 19.9. The van der Waals surface area contributed by atoms with E-state index in [2.05, 4.69) is 45.0 Å². The van der Waals surface area contributed by atoms with Crippen molar-refractivity contribution in [1.82, 2.24) is 0 Å². The molecule has 0 amide bonds. The van der Waals surface area contributed by atoms with Gasteiger partial charge in [-0.1, -0.05) is 70.7 Å². The van der Waals surface area contributed by atoms with Crippen molar-refractivity contribution in [2.45, 2.75) is 84.1 Å². The Morgan fingerprint density at radius 3 is 2.44 bits per heavy atom. The monoisotopic (exact) mass is 434 g/mol. The lowest BCUT2D eigenvalue weighted by Gasteiger charge is -2.20. The van der Waals surface area contributed by atoms with E-state index in [0.717, 1.165) is 47.5 Å². The van der Waals surface area contributed by atoms with Crippen LogP contribution in [0.1, 0.15) is 93.9 Å². The van der Waals surface area contributed by atoms with E-state index < -0.39 is 0 Å². The first kappa shape index (κ1) is 24.0. The van der Waals surface area contributed by atoms with Crippen LogP contribution in [-0.2, 0) is 6.42 Å². The second kappa shape index (κ2) is 12.4. The topological polar surface area (TPSA) is 54.7 Å². The van der Waals surface area contributed by atoms with Crippen molar-refractivity contribution >= 4 is 12.4 Å². The van der Waals surface area contributed by atoms with E-state index in [1.165, 1.54) is 43.9 Å². The summed E-state index contributed by atoms with van der Waals surface area (Å²) in [5.74, 6) is 1.98. The fraction of sp³-hybridized carbons (Fsp3) is 0.500. The Bertz CT molecular complexity index is 900. The molecule has 0 saturated heterocycles. The van der Waals surface area contributed by atoms with Crippen LogP contribution < -0.4 is 9.47 Å². The summed E-state index contributed by atoms with van der Waals surface area (Å²) >= 11 is 0. The highest BCUT2D eigenvalue weighted by Gasteiger charge is 2.16. The third-order valence-corrected chi connectivity index (χ3v) is 6.43. The number of nitrogens with zero attached hydrogens (tertiary/aromatic N) is 1. The fourth-order valence-corrected chi connectivity index (χ4v) is 4.37. The molecule has 2 aromatic carbocycles. The number of hydrogen-bond donors (Lipinski definition) is 1. The first-order valence-electron chi connectivity index (χ1n) is 12.2. The molecule has 1 saturated carbocycles. The quantitative estimate of drug-likeness (QED) is 0.297. The Morgan fingerprint density at radius 1 is 1.00 bits per heavy atom. The molecular formula is C28H38N2O2. The molecule has 0 spiro atoms. The lowest BCUT2D eigenvalue weighted by Crippen LogP contribution is -2.13. The minimum absolute atomic E-state index is 0.110. The van der Waals surface area contributed by atoms with E-state index in [4.69, 9.17) is 19.9 Å². The van der Waals surface area contributed by atoms with Crippen LogP contribution in [0.25, 0.3) is 0 Å². The summed E-state index contributed by atoms with van der Waals surface area (Å²) < 4.78 is 12.4. The van der Waals surface area contributed by atoms with Crippen LogP contribution in [0.2, 0.25) is 0 Å². The fourth-order valence-electron chi connectivity index (χ4n) is 4.37. The van der Waals surface area contributed by atoms with Crippen molar-refractivity contribution < 1.29 is 9.47 Å². The summed E-state index contributed by atoms with van der Waals surface area (Å²) in [6, 6.07) is 12.7. The number of para-hydroxylation sites is 2. The van der Waals surface area contributed by atoms with Gasteiger partial charge in [-0.15, -0.1) is 0 Å². The van der Waals surface area contributed by atoms with Gasteiger partial charge < -0.3 is 14.9 Å². The molecular weight excluding hydrogens is 396 g/mol. The molecule has 1 fully saturated rings. The predicted molar refractivity (Wildman–Crippen MR) is 134 cm³/mol. The normalized spacial score (nSPS) is 15.6. The number of benzene rings is 2. The standard InChI is InChI=1S/C28H38N2O2/c1-4-11-22-12-9-14-24(19-30-25-15-7-6-8-16-25)27(22)31-20-32-28-23(18-29)13-10-17-26(28)21(3)5-2/h9-10,12-14,17-19,21,25,29H,4-8,11,15-16,20H2,1-3H3. The van der Waals surface area contributed by atoms with Crippen molar-refractivity contribution in [2.75, 3.05) is 6.79 Å². The zero-order valence-corrected chi connectivity index (χ0v) is 19.9. The number of aryl methyl sites for hydroxylation is 1. The molecule has 0 heterocycles. The van der Waals surface area contributed by atoms with Crippen molar-refractivity contribution in [3.05, 3.63) is 58.7 Å². The molecule has 1 atom stereocenters. The van der Waals surface area contributed by atoms with Gasteiger partial charge >= 0.3 is 0 Å². The summed E-state index contributed by atoms with van der Waals surface area (Å²) in [7, 11) is 0. The molecule has 1 aliphatic carbocycles. The Labute approximate surface area is 193 Å². The second-order valence-electron chi connectivity index (χ2n) is 8.78. The van der Waals surface area contributed by atoms with Gasteiger partial charge in [-0.25, -0.2) is 0 Å². The third kappa shape index (κ3) is 6.21. The summed E-state index contributed by atoms with van der Waals surface area (Å²) in [4.78, 5) is 4.88. The average Bonchev–Trinajstić information content (AvgIpc) is 2.84. The van der Waals surface area contributed by atoms with E-state index >= 15 is 0 Å². The maximum Gasteiger partial charge on any atom is 0.230 e. The maximum atomic E-state index is 7.79. The van der Waals surface area contributed by atoms with Crippen LogP contribution in [0, 0.1) is 5.41 Å². The van der Waals surface area contributed by atoms with Crippen LogP contribution in [0.15, 0.2) is 41.4 Å². The van der Waals surface area contributed by atoms with Gasteiger partial charge in [0, 0.05) is 29.6 Å². The van der Waals surface area contributed by atoms with E-state index in [0.29, 0.717) is 12.0 Å². The molecule has 3 rings (SSSR count). The van der Waals surface area contributed by atoms with Gasteiger partial charge in [0.05, 0.1) is 0 Å². The number of aliphatic imine (C=N–C) groups is 1. The van der Waals surface area contributed by atoms with Crippen LogP contribution >= 0.6 is 0 Å². The Hall–Kier alpha value is -2.62. The lowest BCUT2D eigenvalue weighted by molar-refractivity contribution is 0.117. The molecule has 4 nitrogen and oxygen atoms in total. The molecule has 1 N–H and O–H groups in total. The first-order chi connectivity index (χ1) is 15.7. The molecule has 172 valence electrons. The number of rotatable bonds is 11. The molecule has 4 heteroatoms. The Balaban J connectivity index is 1.80. The van der Waals surface area contributed by atoms with Gasteiger partial charge in [0.1, 0.15) is 11.5 Å². The van der Waals surface area contributed by atoms with Gasteiger partial charge in [-0.2, -0.15) is 0 Å². The minimum Gasteiger partial charge on any atom is -0.457 e. The predicted octanol–water partition coefficient (Wildman–Crippen LogP) is 7.32. The summed E-state index contributed by atoms with van der Waals surface area (Å²) in [6.07, 6.45) is 12.6. The number of ether oxygens (including phenoxy) is 2. The van der Waals surface area contributed by atoms with E-state index in [9.17, 15) is 0 Å². The van der Waals surface area contributed by atoms with Gasteiger partial charge in [0.2, 0.25) is 6.79 Å². The summed E-state index contributed by atoms with van der Waals surface area (Å²) in [5, 5.41) is 7.79. The molecule has 0 bridgehead atoms. The zero-order chi connectivity index (χ0) is 22.8. The maximum absolute atomic E-state index is 7.79.